The predicted molar refractivity (Wildman–Crippen MR) is 138 cm³/mol. The first kappa shape index (κ1) is 29.2. The minimum Gasteiger partial charge on any atom is -0.478 e. The van der Waals surface area contributed by atoms with Gasteiger partial charge in [0, 0.05) is 0 Å². The number of carboxylic acids is 2. The van der Waals surface area contributed by atoms with Gasteiger partial charge in [-0.15, -0.1) is 0 Å². The van der Waals surface area contributed by atoms with Crippen molar-refractivity contribution < 1.29 is 19.8 Å². The van der Waals surface area contributed by atoms with Crippen LogP contribution in [0, 0.1) is 5.92 Å². The summed E-state index contributed by atoms with van der Waals surface area (Å²) in [7, 11) is 0. The number of aryl methyl sites for hydroxylation is 1. The third-order valence-corrected chi connectivity index (χ3v) is 6.52. The molecule has 0 aromatic heterocycles. The van der Waals surface area contributed by atoms with E-state index >= 15 is 0 Å². The van der Waals surface area contributed by atoms with Crippen molar-refractivity contribution in [2.75, 3.05) is 0 Å². The Balaban J connectivity index is 2.30. The Labute approximate surface area is 202 Å². The summed E-state index contributed by atoms with van der Waals surface area (Å²) in [5.74, 6) is -2.04. The highest BCUT2D eigenvalue weighted by Crippen LogP contribution is 2.25. The molecule has 1 rings (SSSR count). The Bertz CT molecular complexity index is 693. The molecule has 0 aliphatic heterocycles. The highest BCUT2D eigenvalue weighted by atomic mass is 16.4. The van der Waals surface area contributed by atoms with Crippen molar-refractivity contribution in [1.82, 2.24) is 0 Å². The van der Waals surface area contributed by atoms with Gasteiger partial charge in [0.1, 0.15) is 0 Å². The fourth-order valence-electron chi connectivity index (χ4n) is 4.68. The molecule has 0 amide bonds. The largest absolute Gasteiger partial charge is 0.478 e. The molecule has 0 saturated carbocycles. The third kappa shape index (κ3) is 12.3. The van der Waals surface area contributed by atoms with Gasteiger partial charge in [0.25, 0.3) is 0 Å². The molecule has 0 aliphatic carbocycles. The smallest absolute Gasteiger partial charge is 0.336 e. The number of aromatic carboxylic acids is 2. The number of hydrogen-bond acceptors (Lipinski definition) is 2. The zero-order valence-corrected chi connectivity index (χ0v) is 21.5. The lowest BCUT2D eigenvalue weighted by Crippen LogP contribution is -2.15. The first-order valence-electron chi connectivity index (χ1n) is 13.5. The van der Waals surface area contributed by atoms with Gasteiger partial charge in [0.15, 0.2) is 0 Å². The van der Waals surface area contributed by atoms with Crippen LogP contribution < -0.4 is 0 Å². The average molecular weight is 461 g/mol. The molecule has 0 bridgehead atoms. The van der Waals surface area contributed by atoms with Gasteiger partial charge in [-0.3, -0.25) is 0 Å². The second kappa shape index (κ2) is 17.6. The van der Waals surface area contributed by atoms with Crippen molar-refractivity contribution in [2.45, 2.75) is 130 Å². The number of carbonyl (C=O) groups is 2. The van der Waals surface area contributed by atoms with Crippen LogP contribution in [-0.2, 0) is 12.8 Å². The van der Waals surface area contributed by atoms with E-state index in [0.29, 0.717) is 12.0 Å². The summed E-state index contributed by atoms with van der Waals surface area (Å²) < 4.78 is 0. The van der Waals surface area contributed by atoms with Crippen molar-refractivity contribution in [3.05, 3.63) is 34.4 Å². The highest BCUT2D eigenvalue weighted by Gasteiger charge is 2.23. The Morgan fingerprint density at radius 2 is 1.15 bits per heavy atom. The zero-order valence-electron chi connectivity index (χ0n) is 21.5. The second-order valence-corrected chi connectivity index (χ2v) is 10.0. The van der Waals surface area contributed by atoms with E-state index in [1.54, 1.807) is 0 Å². The summed E-state index contributed by atoms with van der Waals surface area (Å²) in [5.41, 5.74) is 1.59. The highest BCUT2D eigenvalue weighted by molar-refractivity contribution is 6.03. The topological polar surface area (TPSA) is 74.6 Å². The summed E-state index contributed by atoms with van der Waals surface area (Å²) in [6, 6.07) is 3.30. The van der Waals surface area contributed by atoms with Gasteiger partial charge in [-0.25, -0.2) is 9.59 Å². The van der Waals surface area contributed by atoms with Crippen molar-refractivity contribution >= 4 is 11.9 Å². The Morgan fingerprint density at radius 3 is 1.55 bits per heavy atom. The molecule has 4 nitrogen and oxygen atoms in total. The molecule has 4 heteroatoms. The molecule has 0 fully saturated rings. The van der Waals surface area contributed by atoms with Crippen LogP contribution in [0.2, 0.25) is 0 Å². The van der Waals surface area contributed by atoms with Gasteiger partial charge in [-0.2, -0.15) is 0 Å². The first-order valence-corrected chi connectivity index (χ1v) is 13.5. The van der Waals surface area contributed by atoms with Crippen LogP contribution in [0.15, 0.2) is 12.1 Å². The van der Waals surface area contributed by atoms with Crippen LogP contribution >= 0.6 is 0 Å². The number of unbranched alkanes of at least 4 members (excludes halogenated alkanes) is 14. The minimum atomic E-state index is -1.17. The molecule has 2 N–H and O–H groups in total. The third-order valence-electron chi connectivity index (χ3n) is 6.52. The van der Waals surface area contributed by atoms with Crippen LogP contribution in [-0.4, -0.2) is 22.2 Å². The molecular weight excluding hydrogens is 412 g/mol. The maximum Gasteiger partial charge on any atom is 0.336 e. The van der Waals surface area contributed by atoms with E-state index in [1.807, 2.05) is 19.9 Å². The van der Waals surface area contributed by atoms with E-state index in [2.05, 4.69) is 6.92 Å². The summed E-state index contributed by atoms with van der Waals surface area (Å²) in [5, 5.41) is 19.1. The monoisotopic (exact) mass is 460 g/mol. The Hall–Kier alpha value is -1.84. The van der Waals surface area contributed by atoms with Crippen molar-refractivity contribution in [3.63, 3.8) is 0 Å². The molecule has 0 saturated heterocycles. The van der Waals surface area contributed by atoms with E-state index in [0.717, 1.165) is 24.8 Å². The Kier molecular flexibility index (Phi) is 15.6. The fraction of sp³-hybridized carbons (Fsp3) is 0.724. The van der Waals surface area contributed by atoms with E-state index in [1.165, 1.54) is 89.5 Å². The van der Waals surface area contributed by atoms with Gasteiger partial charge in [0.05, 0.1) is 11.1 Å². The molecule has 0 unspecified atom stereocenters. The summed E-state index contributed by atoms with van der Waals surface area (Å²) in [4.78, 5) is 23.4. The molecule has 0 heterocycles. The van der Waals surface area contributed by atoms with Crippen LogP contribution in [0.4, 0.5) is 0 Å². The number of carboxylic acid groups (broad SMARTS) is 2. The molecule has 0 spiro atoms. The average Bonchev–Trinajstić information content (AvgIpc) is 2.76. The van der Waals surface area contributed by atoms with E-state index in [9.17, 15) is 19.8 Å². The van der Waals surface area contributed by atoms with Crippen LogP contribution in [0.3, 0.4) is 0 Å². The molecule has 188 valence electrons. The van der Waals surface area contributed by atoms with Gasteiger partial charge < -0.3 is 10.2 Å². The van der Waals surface area contributed by atoms with Gasteiger partial charge in [-0.05, 0) is 42.4 Å². The Morgan fingerprint density at radius 1 is 0.697 bits per heavy atom. The molecule has 0 radical (unpaired) electrons. The SMILES string of the molecule is CCCCCCCCCCCCCCCCCc1ccc(C(=O)O)c(C(=O)O)c1CC(C)C. The molecular formula is C29H48O4. The predicted octanol–water partition coefficient (Wildman–Crippen LogP) is 8.70. The normalized spacial score (nSPS) is 11.3. The van der Waals surface area contributed by atoms with Crippen LogP contribution in [0.25, 0.3) is 0 Å². The fourth-order valence-corrected chi connectivity index (χ4v) is 4.68. The van der Waals surface area contributed by atoms with Crippen LogP contribution in [0.1, 0.15) is 149 Å². The van der Waals surface area contributed by atoms with E-state index in [-0.39, 0.29) is 17.0 Å². The van der Waals surface area contributed by atoms with Gasteiger partial charge in [-0.1, -0.05) is 117 Å². The summed E-state index contributed by atoms with van der Waals surface area (Å²) >= 11 is 0. The maximum atomic E-state index is 11.8. The number of benzene rings is 1. The summed E-state index contributed by atoms with van der Waals surface area (Å²) in [6.07, 6.45) is 21.2. The summed E-state index contributed by atoms with van der Waals surface area (Å²) in [6.45, 7) is 6.34. The quantitative estimate of drug-likeness (QED) is 0.191. The minimum absolute atomic E-state index is 0.0188. The molecule has 33 heavy (non-hydrogen) atoms. The van der Waals surface area contributed by atoms with Crippen molar-refractivity contribution in [3.8, 4) is 0 Å². The second-order valence-electron chi connectivity index (χ2n) is 10.0. The zero-order chi connectivity index (χ0) is 24.5. The lowest BCUT2D eigenvalue weighted by atomic mass is 9.88. The lowest BCUT2D eigenvalue weighted by Gasteiger charge is -2.17. The van der Waals surface area contributed by atoms with Gasteiger partial charge in [0.2, 0.25) is 0 Å². The first-order chi connectivity index (χ1) is 15.9. The molecule has 0 atom stereocenters. The number of hydrogen-bond donors (Lipinski definition) is 2. The van der Waals surface area contributed by atoms with E-state index < -0.39 is 11.9 Å². The standard InChI is InChI=1S/C29H48O4/c1-4-5-6-7-8-9-10-11-12-13-14-15-16-17-18-19-24-20-21-25(28(30)31)27(29(32)33)26(24)22-23(2)3/h20-21,23H,4-19,22H2,1-3H3,(H,30,31)(H,32,33). The number of rotatable bonds is 20. The molecule has 1 aromatic rings. The van der Waals surface area contributed by atoms with Crippen molar-refractivity contribution in [2.24, 2.45) is 5.92 Å². The van der Waals surface area contributed by atoms with Crippen molar-refractivity contribution in [1.29, 1.82) is 0 Å². The van der Waals surface area contributed by atoms with Crippen LogP contribution in [0.5, 0.6) is 0 Å². The van der Waals surface area contributed by atoms with Gasteiger partial charge >= 0.3 is 11.9 Å². The molecule has 0 aliphatic rings. The maximum absolute atomic E-state index is 11.8. The lowest BCUT2D eigenvalue weighted by molar-refractivity contribution is 0.0650. The molecule has 1 aromatic carbocycles. The van der Waals surface area contributed by atoms with E-state index in [4.69, 9.17) is 0 Å².